The Hall–Kier alpha value is -1.20. The molecule has 1 atom stereocenters. The van der Waals surface area contributed by atoms with E-state index in [2.05, 4.69) is 4.74 Å². The molecule has 0 aromatic rings. The summed E-state index contributed by atoms with van der Waals surface area (Å²) in [6.07, 6.45) is -2.59. The van der Waals surface area contributed by atoms with Crippen molar-refractivity contribution >= 4 is 11.9 Å². The Kier molecular flexibility index (Phi) is 3.38. The molecule has 1 saturated heterocycles. The Morgan fingerprint density at radius 2 is 2.36 bits per heavy atom. The number of rotatable bonds is 3. The SMILES string of the molecule is COC(=O)C1CC(=O)N(CC(F)F)C1. The van der Waals surface area contributed by atoms with Crippen molar-refractivity contribution in [3.05, 3.63) is 0 Å². The second-order valence-corrected chi connectivity index (χ2v) is 3.11. The first-order valence-electron chi connectivity index (χ1n) is 4.18. The molecule has 0 saturated carbocycles. The molecule has 14 heavy (non-hydrogen) atoms. The van der Waals surface area contributed by atoms with E-state index in [0.717, 1.165) is 4.90 Å². The van der Waals surface area contributed by atoms with E-state index in [1.807, 2.05) is 0 Å². The molecule has 1 rings (SSSR count). The van der Waals surface area contributed by atoms with Crippen LogP contribution in [-0.4, -0.2) is 43.4 Å². The van der Waals surface area contributed by atoms with Crippen LogP contribution < -0.4 is 0 Å². The number of hydrogen-bond donors (Lipinski definition) is 0. The molecule has 0 spiro atoms. The van der Waals surface area contributed by atoms with E-state index in [1.54, 1.807) is 0 Å². The number of likely N-dealkylation sites (tertiary alicyclic amines) is 1. The van der Waals surface area contributed by atoms with Crippen LogP contribution in [0.5, 0.6) is 0 Å². The Bertz CT molecular complexity index is 245. The molecule has 0 aromatic heterocycles. The van der Waals surface area contributed by atoms with Crippen LogP contribution in [0.2, 0.25) is 0 Å². The molecule has 0 bridgehead atoms. The minimum Gasteiger partial charge on any atom is -0.469 e. The quantitative estimate of drug-likeness (QED) is 0.624. The lowest BCUT2D eigenvalue weighted by molar-refractivity contribution is -0.145. The molecule has 1 unspecified atom stereocenters. The molecule has 1 aliphatic heterocycles. The van der Waals surface area contributed by atoms with E-state index in [0.29, 0.717) is 0 Å². The summed E-state index contributed by atoms with van der Waals surface area (Å²) in [7, 11) is 1.21. The monoisotopic (exact) mass is 207 g/mol. The zero-order valence-electron chi connectivity index (χ0n) is 7.70. The van der Waals surface area contributed by atoms with Gasteiger partial charge < -0.3 is 9.64 Å². The van der Waals surface area contributed by atoms with E-state index in [4.69, 9.17) is 0 Å². The van der Waals surface area contributed by atoms with Gasteiger partial charge in [0.1, 0.15) is 0 Å². The number of nitrogens with zero attached hydrogens (tertiary/aromatic N) is 1. The Balaban J connectivity index is 2.51. The number of carbonyl (C=O) groups excluding carboxylic acids is 2. The third-order valence-electron chi connectivity index (χ3n) is 2.11. The van der Waals surface area contributed by atoms with Crippen LogP contribution in [0, 0.1) is 5.92 Å². The van der Waals surface area contributed by atoms with Crippen molar-refractivity contribution < 1.29 is 23.1 Å². The van der Waals surface area contributed by atoms with E-state index < -0.39 is 30.8 Å². The molecule has 1 aliphatic rings. The fourth-order valence-electron chi connectivity index (χ4n) is 1.44. The first kappa shape index (κ1) is 10.9. The Morgan fingerprint density at radius 3 is 2.86 bits per heavy atom. The van der Waals surface area contributed by atoms with Gasteiger partial charge in [0.25, 0.3) is 6.43 Å². The van der Waals surface area contributed by atoms with Crippen molar-refractivity contribution in [2.24, 2.45) is 5.92 Å². The number of ether oxygens (including phenoxy) is 1. The Morgan fingerprint density at radius 1 is 1.71 bits per heavy atom. The van der Waals surface area contributed by atoms with Gasteiger partial charge in [0, 0.05) is 13.0 Å². The predicted octanol–water partition coefficient (Wildman–Crippen LogP) is 0.273. The highest BCUT2D eigenvalue weighted by molar-refractivity contribution is 5.86. The van der Waals surface area contributed by atoms with Crippen LogP contribution >= 0.6 is 0 Å². The standard InChI is InChI=1S/C8H11F2NO3/c1-14-8(13)5-2-7(12)11(3-5)4-6(9)10/h5-6H,2-4H2,1H3. The zero-order chi connectivity index (χ0) is 10.7. The number of amides is 1. The van der Waals surface area contributed by atoms with Gasteiger partial charge in [-0.15, -0.1) is 0 Å². The average molecular weight is 207 g/mol. The largest absolute Gasteiger partial charge is 0.469 e. The van der Waals surface area contributed by atoms with Gasteiger partial charge in [0.2, 0.25) is 5.91 Å². The second kappa shape index (κ2) is 4.34. The molecular weight excluding hydrogens is 196 g/mol. The van der Waals surface area contributed by atoms with Crippen LogP contribution in [-0.2, 0) is 14.3 Å². The summed E-state index contributed by atoms with van der Waals surface area (Å²) >= 11 is 0. The lowest BCUT2D eigenvalue weighted by atomic mass is 10.1. The van der Waals surface area contributed by atoms with Crippen LogP contribution in [0.3, 0.4) is 0 Å². The van der Waals surface area contributed by atoms with Gasteiger partial charge in [0.15, 0.2) is 0 Å². The first-order chi connectivity index (χ1) is 6.54. The highest BCUT2D eigenvalue weighted by Gasteiger charge is 2.35. The van der Waals surface area contributed by atoms with Crippen molar-refractivity contribution in [3.63, 3.8) is 0 Å². The molecule has 6 heteroatoms. The van der Waals surface area contributed by atoms with Gasteiger partial charge in [-0.25, -0.2) is 8.78 Å². The highest BCUT2D eigenvalue weighted by atomic mass is 19.3. The summed E-state index contributed by atoms with van der Waals surface area (Å²) in [5, 5.41) is 0. The second-order valence-electron chi connectivity index (χ2n) is 3.11. The fourth-order valence-corrected chi connectivity index (χ4v) is 1.44. The van der Waals surface area contributed by atoms with Crippen molar-refractivity contribution in [1.29, 1.82) is 0 Å². The van der Waals surface area contributed by atoms with Crippen LogP contribution in [0.25, 0.3) is 0 Å². The van der Waals surface area contributed by atoms with Crippen molar-refractivity contribution in [3.8, 4) is 0 Å². The summed E-state index contributed by atoms with van der Waals surface area (Å²) in [4.78, 5) is 23.1. The number of hydrogen-bond acceptors (Lipinski definition) is 3. The van der Waals surface area contributed by atoms with Gasteiger partial charge in [-0.1, -0.05) is 0 Å². The van der Waals surface area contributed by atoms with Crippen molar-refractivity contribution in [1.82, 2.24) is 4.90 Å². The summed E-state index contributed by atoms with van der Waals surface area (Å²) in [6.45, 7) is -0.567. The minimum absolute atomic E-state index is 0.0284. The Labute approximate surface area is 79.8 Å². The van der Waals surface area contributed by atoms with Gasteiger partial charge in [0.05, 0.1) is 19.6 Å². The molecular formula is C8H11F2NO3. The van der Waals surface area contributed by atoms with Gasteiger partial charge in [-0.3, -0.25) is 9.59 Å². The summed E-state index contributed by atoms with van der Waals surface area (Å²) < 4.78 is 28.4. The topological polar surface area (TPSA) is 46.6 Å². The predicted molar refractivity (Wildman–Crippen MR) is 42.7 cm³/mol. The molecule has 80 valence electrons. The molecule has 4 nitrogen and oxygen atoms in total. The van der Waals surface area contributed by atoms with E-state index in [-0.39, 0.29) is 13.0 Å². The van der Waals surface area contributed by atoms with Crippen LogP contribution in [0.1, 0.15) is 6.42 Å². The average Bonchev–Trinajstić information content (AvgIpc) is 2.46. The zero-order valence-corrected chi connectivity index (χ0v) is 7.70. The van der Waals surface area contributed by atoms with E-state index >= 15 is 0 Å². The van der Waals surface area contributed by atoms with Gasteiger partial charge in [-0.2, -0.15) is 0 Å². The lowest BCUT2D eigenvalue weighted by Gasteiger charge is -2.14. The maximum Gasteiger partial charge on any atom is 0.310 e. The minimum atomic E-state index is -2.56. The smallest absolute Gasteiger partial charge is 0.310 e. The summed E-state index contributed by atoms with van der Waals surface area (Å²) in [5.74, 6) is -1.53. The van der Waals surface area contributed by atoms with Crippen LogP contribution in [0.15, 0.2) is 0 Å². The normalized spacial score (nSPS) is 21.9. The maximum absolute atomic E-state index is 12.0. The highest BCUT2D eigenvalue weighted by Crippen LogP contribution is 2.19. The van der Waals surface area contributed by atoms with Crippen molar-refractivity contribution in [2.75, 3.05) is 20.2 Å². The maximum atomic E-state index is 12.0. The molecule has 1 amide bonds. The number of halogens is 2. The fraction of sp³-hybridized carbons (Fsp3) is 0.750. The molecule has 0 radical (unpaired) electrons. The third-order valence-corrected chi connectivity index (χ3v) is 2.11. The van der Waals surface area contributed by atoms with Crippen LogP contribution in [0.4, 0.5) is 8.78 Å². The summed E-state index contributed by atoms with van der Waals surface area (Å²) in [6, 6.07) is 0. The molecule has 0 N–H and O–H groups in total. The third kappa shape index (κ3) is 2.40. The number of esters is 1. The molecule has 0 aliphatic carbocycles. The number of carbonyl (C=O) groups is 2. The van der Waals surface area contributed by atoms with E-state index in [9.17, 15) is 18.4 Å². The van der Waals surface area contributed by atoms with Crippen molar-refractivity contribution in [2.45, 2.75) is 12.8 Å². The number of alkyl halides is 2. The van der Waals surface area contributed by atoms with Gasteiger partial charge in [-0.05, 0) is 0 Å². The first-order valence-corrected chi connectivity index (χ1v) is 4.18. The molecule has 1 heterocycles. The van der Waals surface area contributed by atoms with Gasteiger partial charge >= 0.3 is 5.97 Å². The number of methoxy groups -OCH3 is 1. The lowest BCUT2D eigenvalue weighted by Crippen LogP contribution is -2.31. The molecule has 1 fully saturated rings. The molecule has 0 aromatic carbocycles. The van der Waals surface area contributed by atoms with E-state index in [1.165, 1.54) is 7.11 Å². The summed E-state index contributed by atoms with van der Waals surface area (Å²) in [5.41, 5.74) is 0.